The highest BCUT2D eigenvalue weighted by atomic mass is 16.1. The Balaban J connectivity index is 1.61. The molecule has 0 bridgehead atoms. The van der Waals surface area contributed by atoms with E-state index in [2.05, 4.69) is 23.2 Å². The van der Waals surface area contributed by atoms with Crippen LogP contribution in [0.25, 0.3) is 11.0 Å². The van der Waals surface area contributed by atoms with Crippen LogP contribution in [-0.4, -0.2) is 35.5 Å². The van der Waals surface area contributed by atoms with Gasteiger partial charge >= 0.3 is 0 Å². The third-order valence-electron chi connectivity index (χ3n) is 5.76. The van der Waals surface area contributed by atoms with Crippen molar-refractivity contribution in [3.8, 4) is 6.07 Å². The maximum absolute atomic E-state index is 13.0. The average Bonchev–Trinajstić information content (AvgIpc) is 2.80. The number of para-hydroxylation sites is 2. The number of carbonyl (C=O) groups excluding carboxylic acids is 1. The Kier molecular flexibility index (Phi) is 6.42. The van der Waals surface area contributed by atoms with E-state index in [1.165, 1.54) is 6.42 Å². The van der Waals surface area contributed by atoms with E-state index >= 15 is 0 Å². The molecule has 1 aliphatic rings. The van der Waals surface area contributed by atoms with Crippen LogP contribution >= 0.6 is 0 Å². The van der Waals surface area contributed by atoms with Gasteiger partial charge in [0.15, 0.2) is 11.7 Å². The van der Waals surface area contributed by atoms with Crippen LogP contribution in [0.4, 0.5) is 5.82 Å². The summed E-state index contributed by atoms with van der Waals surface area (Å²) in [5.74, 6) is -0.125. The molecule has 1 aromatic heterocycles. The molecular formula is C25H27N5O. The number of hydrogen-bond donors (Lipinski definition) is 1. The molecule has 1 N–H and O–H groups in total. The fourth-order valence-electron chi connectivity index (χ4n) is 4.13. The third-order valence-corrected chi connectivity index (χ3v) is 5.76. The van der Waals surface area contributed by atoms with Gasteiger partial charge in [0, 0.05) is 19.6 Å². The molecule has 2 aromatic carbocycles. The number of rotatable bonds is 6. The molecule has 1 fully saturated rings. The predicted octanol–water partition coefficient (Wildman–Crippen LogP) is 3.83. The van der Waals surface area contributed by atoms with Crippen molar-refractivity contribution in [2.75, 3.05) is 24.5 Å². The predicted molar refractivity (Wildman–Crippen MR) is 122 cm³/mol. The minimum atomic E-state index is -1.000. The molecule has 1 amide bonds. The fourth-order valence-corrected chi connectivity index (χ4v) is 4.13. The van der Waals surface area contributed by atoms with Gasteiger partial charge in [-0.3, -0.25) is 4.79 Å². The Morgan fingerprint density at radius 2 is 1.87 bits per heavy atom. The van der Waals surface area contributed by atoms with Crippen LogP contribution in [0.5, 0.6) is 0 Å². The van der Waals surface area contributed by atoms with E-state index < -0.39 is 5.92 Å². The molecule has 0 radical (unpaired) electrons. The molecule has 2 atom stereocenters. The highest BCUT2D eigenvalue weighted by molar-refractivity contribution is 5.88. The summed E-state index contributed by atoms with van der Waals surface area (Å²) in [6, 6.07) is 19.8. The van der Waals surface area contributed by atoms with Crippen molar-refractivity contribution in [1.29, 1.82) is 5.26 Å². The zero-order valence-corrected chi connectivity index (χ0v) is 17.8. The number of amides is 1. The van der Waals surface area contributed by atoms with Gasteiger partial charge in [-0.05, 0) is 42.9 Å². The van der Waals surface area contributed by atoms with E-state index in [4.69, 9.17) is 9.97 Å². The van der Waals surface area contributed by atoms with Crippen LogP contribution in [0.15, 0.2) is 54.6 Å². The number of aromatic nitrogens is 2. The topological polar surface area (TPSA) is 81.9 Å². The standard InChI is InChI=1S/C25H27N5O/c1-18-8-7-15-30(17-18)24-23(28-21-11-5-6-12-22(21)29-24)20(16-26)25(31)27-14-13-19-9-3-2-4-10-19/h2-6,9-12,18,20H,7-8,13-15,17H2,1H3,(H,27,31)/t18-,20+/m0/s1. The molecule has 158 valence electrons. The van der Waals surface area contributed by atoms with Crippen molar-refractivity contribution in [3.63, 3.8) is 0 Å². The zero-order valence-electron chi connectivity index (χ0n) is 17.8. The smallest absolute Gasteiger partial charge is 0.243 e. The van der Waals surface area contributed by atoms with Crippen LogP contribution in [0.3, 0.4) is 0 Å². The van der Waals surface area contributed by atoms with Crippen LogP contribution in [0, 0.1) is 17.2 Å². The van der Waals surface area contributed by atoms with Crippen LogP contribution in [0.1, 0.15) is 36.9 Å². The first-order valence-corrected chi connectivity index (χ1v) is 10.9. The monoisotopic (exact) mass is 413 g/mol. The SMILES string of the molecule is C[C@H]1CCCN(c2nc3ccccc3nc2[C@@H](C#N)C(=O)NCCc2ccccc2)C1. The first-order valence-electron chi connectivity index (χ1n) is 10.9. The maximum Gasteiger partial charge on any atom is 0.243 e. The Labute approximate surface area is 182 Å². The number of nitrogens with zero attached hydrogens (tertiary/aromatic N) is 4. The zero-order chi connectivity index (χ0) is 21.6. The molecular weight excluding hydrogens is 386 g/mol. The van der Waals surface area contributed by atoms with Crippen molar-refractivity contribution in [2.45, 2.75) is 32.1 Å². The van der Waals surface area contributed by atoms with Crippen LogP contribution < -0.4 is 10.2 Å². The Morgan fingerprint density at radius 3 is 2.58 bits per heavy atom. The molecule has 1 aliphatic heterocycles. The molecule has 0 saturated carbocycles. The second-order valence-corrected chi connectivity index (χ2v) is 8.20. The van der Waals surface area contributed by atoms with Gasteiger partial charge in [0.1, 0.15) is 5.69 Å². The maximum atomic E-state index is 13.0. The molecule has 6 nitrogen and oxygen atoms in total. The highest BCUT2D eigenvalue weighted by Gasteiger charge is 2.30. The largest absolute Gasteiger partial charge is 0.355 e. The van der Waals surface area contributed by atoms with Gasteiger partial charge < -0.3 is 10.2 Å². The van der Waals surface area contributed by atoms with Gasteiger partial charge in [0.05, 0.1) is 17.1 Å². The lowest BCUT2D eigenvalue weighted by Crippen LogP contribution is -2.37. The van der Waals surface area contributed by atoms with Gasteiger partial charge in [-0.1, -0.05) is 49.4 Å². The summed E-state index contributed by atoms with van der Waals surface area (Å²) in [5.41, 5.74) is 3.07. The first kappa shape index (κ1) is 20.8. The number of fused-ring (bicyclic) bond motifs is 1. The number of hydrogen-bond acceptors (Lipinski definition) is 5. The molecule has 6 heteroatoms. The Morgan fingerprint density at radius 1 is 1.16 bits per heavy atom. The number of piperidine rings is 1. The summed E-state index contributed by atoms with van der Waals surface area (Å²) in [6.45, 7) is 4.41. The van der Waals surface area contributed by atoms with Crippen LogP contribution in [-0.2, 0) is 11.2 Å². The van der Waals surface area contributed by atoms with E-state index in [-0.39, 0.29) is 5.91 Å². The molecule has 4 rings (SSSR count). The second kappa shape index (κ2) is 9.57. The number of nitrogens with one attached hydrogen (secondary N) is 1. The summed E-state index contributed by atoms with van der Waals surface area (Å²) < 4.78 is 0. The average molecular weight is 414 g/mol. The van der Waals surface area contributed by atoms with Crippen LogP contribution in [0.2, 0.25) is 0 Å². The summed E-state index contributed by atoms with van der Waals surface area (Å²) in [6.07, 6.45) is 2.95. The van der Waals surface area contributed by atoms with E-state index in [1.54, 1.807) is 0 Å². The van der Waals surface area contributed by atoms with E-state index in [1.807, 2.05) is 54.6 Å². The summed E-state index contributed by atoms with van der Waals surface area (Å²) >= 11 is 0. The van der Waals surface area contributed by atoms with Gasteiger partial charge in [-0.15, -0.1) is 0 Å². The molecule has 0 aliphatic carbocycles. The highest BCUT2D eigenvalue weighted by Crippen LogP contribution is 2.30. The van der Waals surface area contributed by atoms with Crippen molar-refractivity contribution in [2.24, 2.45) is 5.92 Å². The second-order valence-electron chi connectivity index (χ2n) is 8.20. The summed E-state index contributed by atoms with van der Waals surface area (Å²) in [7, 11) is 0. The third kappa shape index (κ3) is 4.83. The first-order chi connectivity index (χ1) is 15.2. The molecule has 2 heterocycles. The van der Waals surface area contributed by atoms with Crippen molar-refractivity contribution >= 4 is 22.8 Å². The number of benzene rings is 2. The lowest BCUT2D eigenvalue weighted by Gasteiger charge is -2.33. The van der Waals surface area contributed by atoms with Gasteiger partial charge in [0.2, 0.25) is 5.91 Å². The molecule has 31 heavy (non-hydrogen) atoms. The fraction of sp³-hybridized carbons (Fsp3) is 0.360. The molecule has 1 saturated heterocycles. The number of carbonyl (C=O) groups is 1. The minimum Gasteiger partial charge on any atom is -0.355 e. The lowest BCUT2D eigenvalue weighted by molar-refractivity contribution is -0.121. The van der Waals surface area contributed by atoms with E-state index in [0.717, 1.165) is 30.6 Å². The normalized spacial score (nSPS) is 17.2. The van der Waals surface area contributed by atoms with Crippen molar-refractivity contribution in [3.05, 3.63) is 65.9 Å². The number of nitriles is 1. The molecule has 0 unspecified atom stereocenters. The van der Waals surface area contributed by atoms with Gasteiger partial charge in [-0.2, -0.15) is 5.26 Å². The molecule has 3 aromatic rings. The van der Waals surface area contributed by atoms with E-state index in [9.17, 15) is 10.1 Å². The number of anilines is 1. The quantitative estimate of drug-likeness (QED) is 0.664. The van der Waals surface area contributed by atoms with E-state index in [0.29, 0.717) is 35.9 Å². The summed E-state index contributed by atoms with van der Waals surface area (Å²) in [5, 5.41) is 12.8. The van der Waals surface area contributed by atoms with Crippen molar-refractivity contribution in [1.82, 2.24) is 15.3 Å². The minimum absolute atomic E-state index is 0.325. The van der Waals surface area contributed by atoms with Crippen molar-refractivity contribution < 1.29 is 4.79 Å². The summed E-state index contributed by atoms with van der Waals surface area (Å²) in [4.78, 5) is 24.8. The van der Waals surface area contributed by atoms with Gasteiger partial charge in [0.25, 0.3) is 0 Å². The lowest BCUT2D eigenvalue weighted by atomic mass is 9.98. The Hall–Kier alpha value is -3.46. The Bertz CT molecular complexity index is 1090. The molecule has 0 spiro atoms. The van der Waals surface area contributed by atoms with Gasteiger partial charge in [-0.25, -0.2) is 9.97 Å².